The molecule has 3 nitrogen and oxygen atoms in total. The molecule has 2 bridgehead atoms. The number of fused-ring (bicyclic) bond motifs is 5. The van der Waals surface area contributed by atoms with E-state index in [9.17, 15) is 4.79 Å². The van der Waals surface area contributed by atoms with Crippen molar-refractivity contribution in [3.63, 3.8) is 0 Å². The Morgan fingerprint density at radius 1 is 1.27 bits per heavy atom. The molecule has 0 aromatic heterocycles. The fourth-order valence-electron chi connectivity index (χ4n) is 2.54. The summed E-state index contributed by atoms with van der Waals surface area (Å²) >= 11 is 0. The number of ether oxygens (including phenoxy) is 2. The van der Waals surface area contributed by atoms with Gasteiger partial charge in [0.05, 0.1) is 18.6 Å². The maximum absolute atomic E-state index is 10.9. The summed E-state index contributed by atoms with van der Waals surface area (Å²) in [5.74, 6) is 0.362. The summed E-state index contributed by atoms with van der Waals surface area (Å²) in [6.07, 6.45) is 3.47. The van der Waals surface area contributed by atoms with Crippen molar-refractivity contribution in [2.45, 2.75) is 37.6 Å². The molecule has 0 aliphatic carbocycles. The highest BCUT2D eigenvalue weighted by atomic mass is 16.6. The molecular formula is C8H10O3. The minimum atomic E-state index is -0.0276. The van der Waals surface area contributed by atoms with Gasteiger partial charge < -0.3 is 9.47 Å². The lowest BCUT2D eigenvalue weighted by atomic mass is 9.86. The molecule has 3 saturated heterocycles. The fraction of sp³-hybridized carbons (Fsp3) is 0.875. The van der Waals surface area contributed by atoms with Crippen molar-refractivity contribution in [1.82, 2.24) is 0 Å². The van der Waals surface area contributed by atoms with Crippen molar-refractivity contribution in [1.29, 1.82) is 0 Å². The van der Waals surface area contributed by atoms with E-state index in [-0.39, 0.29) is 18.2 Å². The van der Waals surface area contributed by atoms with Crippen LogP contribution in [0.25, 0.3) is 0 Å². The smallest absolute Gasteiger partial charge is 0.306 e. The molecule has 60 valence electrons. The van der Waals surface area contributed by atoms with E-state index < -0.39 is 0 Å². The van der Waals surface area contributed by atoms with Gasteiger partial charge in [0, 0.05) is 5.92 Å². The van der Waals surface area contributed by atoms with Crippen LogP contribution in [0.1, 0.15) is 19.3 Å². The average Bonchev–Trinajstić information content (AvgIpc) is 2.53. The van der Waals surface area contributed by atoms with Gasteiger partial charge in [0.2, 0.25) is 0 Å². The van der Waals surface area contributed by atoms with E-state index in [1.807, 2.05) is 0 Å². The first-order valence-corrected chi connectivity index (χ1v) is 4.19. The lowest BCUT2D eigenvalue weighted by Crippen LogP contribution is -2.28. The Morgan fingerprint density at radius 3 is 2.91 bits per heavy atom. The third-order valence-electron chi connectivity index (χ3n) is 3.02. The van der Waals surface area contributed by atoms with Crippen LogP contribution >= 0.6 is 0 Å². The summed E-state index contributed by atoms with van der Waals surface area (Å²) in [6, 6.07) is 0. The minimum absolute atomic E-state index is 0.0276. The highest BCUT2D eigenvalue weighted by Gasteiger charge is 2.55. The Balaban J connectivity index is 1.92. The zero-order valence-electron chi connectivity index (χ0n) is 6.16. The van der Waals surface area contributed by atoms with Gasteiger partial charge in [-0.1, -0.05) is 0 Å². The molecule has 3 heteroatoms. The molecule has 0 radical (unpaired) electrons. The van der Waals surface area contributed by atoms with E-state index in [4.69, 9.17) is 9.47 Å². The van der Waals surface area contributed by atoms with Crippen molar-refractivity contribution in [3.05, 3.63) is 0 Å². The van der Waals surface area contributed by atoms with Crippen molar-refractivity contribution >= 4 is 5.97 Å². The van der Waals surface area contributed by atoms with Gasteiger partial charge in [-0.05, 0) is 12.8 Å². The van der Waals surface area contributed by atoms with E-state index in [0.29, 0.717) is 18.4 Å². The average molecular weight is 154 g/mol. The lowest BCUT2D eigenvalue weighted by molar-refractivity contribution is -0.144. The zero-order chi connectivity index (χ0) is 7.42. The van der Waals surface area contributed by atoms with Crippen molar-refractivity contribution in [2.24, 2.45) is 5.92 Å². The molecule has 0 spiro atoms. The molecule has 0 saturated carbocycles. The largest absolute Gasteiger partial charge is 0.459 e. The second-order valence-electron chi connectivity index (χ2n) is 3.61. The topological polar surface area (TPSA) is 35.5 Å². The number of carbonyl (C=O) groups is 1. The highest BCUT2D eigenvalue weighted by molar-refractivity contribution is 5.72. The molecule has 0 amide bonds. The quantitative estimate of drug-likeness (QED) is 0.476. The number of esters is 1. The molecule has 3 aliphatic heterocycles. The van der Waals surface area contributed by atoms with Gasteiger partial charge in [0.25, 0.3) is 0 Å². The number of hydrogen-bond donors (Lipinski definition) is 0. The van der Waals surface area contributed by atoms with Crippen LogP contribution in [0.2, 0.25) is 0 Å². The van der Waals surface area contributed by atoms with Crippen LogP contribution in [0.4, 0.5) is 0 Å². The van der Waals surface area contributed by atoms with E-state index in [1.54, 1.807) is 0 Å². The summed E-state index contributed by atoms with van der Waals surface area (Å²) in [4.78, 5) is 10.9. The van der Waals surface area contributed by atoms with Crippen LogP contribution in [-0.2, 0) is 14.3 Å². The third kappa shape index (κ3) is 0.644. The Kier molecular flexibility index (Phi) is 0.969. The molecular weight excluding hydrogens is 144 g/mol. The molecule has 0 aromatic carbocycles. The number of carbonyl (C=O) groups excluding carboxylic acids is 1. The van der Waals surface area contributed by atoms with Gasteiger partial charge in [-0.3, -0.25) is 4.79 Å². The van der Waals surface area contributed by atoms with Crippen LogP contribution in [0.3, 0.4) is 0 Å². The first-order chi connectivity index (χ1) is 5.34. The summed E-state index contributed by atoms with van der Waals surface area (Å²) in [7, 11) is 0. The van der Waals surface area contributed by atoms with Gasteiger partial charge in [-0.2, -0.15) is 0 Å². The molecule has 11 heavy (non-hydrogen) atoms. The Labute approximate surface area is 64.7 Å². The third-order valence-corrected chi connectivity index (χ3v) is 3.02. The van der Waals surface area contributed by atoms with Crippen LogP contribution < -0.4 is 0 Å². The summed E-state index contributed by atoms with van der Waals surface area (Å²) in [6.45, 7) is 0. The molecule has 0 aromatic rings. The van der Waals surface area contributed by atoms with Crippen LogP contribution in [0.15, 0.2) is 0 Å². The van der Waals surface area contributed by atoms with E-state index >= 15 is 0 Å². The SMILES string of the molecule is O=C1CC2C3CCC(O3)C2O1. The van der Waals surface area contributed by atoms with Gasteiger partial charge in [-0.15, -0.1) is 0 Å². The van der Waals surface area contributed by atoms with Crippen molar-refractivity contribution in [3.8, 4) is 0 Å². The first kappa shape index (κ1) is 6.00. The standard InChI is InChI=1S/C8H10O3/c9-7-3-4-5-1-2-6(10-5)8(4)11-7/h4-6,8H,1-3H2. The summed E-state index contributed by atoms with van der Waals surface area (Å²) in [5, 5.41) is 0. The molecule has 3 fully saturated rings. The zero-order valence-corrected chi connectivity index (χ0v) is 6.16. The maximum Gasteiger partial charge on any atom is 0.306 e. The Morgan fingerprint density at radius 2 is 2.09 bits per heavy atom. The van der Waals surface area contributed by atoms with E-state index in [1.165, 1.54) is 0 Å². The van der Waals surface area contributed by atoms with Crippen LogP contribution in [0.5, 0.6) is 0 Å². The minimum Gasteiger partial charge on any atom is -0.459 e. The fourth-order valence-corrected chi connectivity index (χ4v) is 2.54. The van der Waals surface area contributed by atoms with Crippen molar-refractivity contribution in [2.75, 3.05) is 0 Å². The molecule has 4 unspecified atom stereocenters. The van der Waals surface area contributed by atoms with Gasteiger partial charge >= 0.3 is 5.97 Å². The monoisotopic (exact) mass is 154 g/mol. The predicted molar refractivity (Wildman–Crippen MR) is 35.9 cm³/mol. The first-order valence-electron chi connectivity index (χ1n) is 4.19. The van der Waals surface area contributed by atoms with Crippen molar-refractivity contribution < 1.29 is 14.3 Å². The molecule has 3 aliphatic rings. The van der Waals surface area contributed by atoms with E-state index in [2.05, 4.69) is 0 Å². The van der Waals surface area contributed by atoms with E-state index in [0.717, 1.165) is 12.8 Å². The second kappa shape index (κ2) is 1.78. The van der Waals surface area contributed by atoms with Gasteiger partial charge in [0.15, 0.2) is 0 Å². The molecule has 3 rings (SSSR count). The lowest BCUT2D eigenvalue weighted by Gasteiger charge is -2.17. The highest BCUT2D eigenvalue weighted by Crippen LogP contribution is 2.45. The maximum atomic E-state index is 10.9. The summed E-state index contributed by atoms with van der Waals surface area (Å²) < 4.78 is 10.8. The van der Waals surface area contributed by atoms with Crippen LogP contribution in [-0.4, -0.2) is 24.3 Å². The summed E-state index contributed by atoms with van der Waals surface area (Å²) in [5.41, 5.74) is 0. The molecule has 4 atom stereocenters. The van der Waals surface area contributed by atoms with Gasteiger partial charge in [-0.25, -0.2) is 0 Å². The normalized spacial score (nSPS) is 52.9. The van der Waals surface area contributed by atoms with Crippen LogP contribution in [0, 0.1) is 5.92 Å². The number of hydrogen-bond acceptors (Lipinski definition) is 3. The molecule has 0 N–H and O–H groups in total. The van der Waals surface area contributed by atoms with Gasteiger partial charge in [0.1, 0.15) is 6.10 Å². The number of rotatable bonds is 0. The Hall–Kier alpha value is -0.570. The Bertz CT molecular complexity index is 193. The molecule has 3 heterocycles. The second-order valence-corrected chi connectivity index (χ2v) is 3.61. The predicted octanol–water partition coefficient (Wildman–Crippen LogP) is 0.479.